The third-order valence-electron chi connectivity index (χ3n) is 3.41. The molecule has 1 aliphatic heterocycles. The van der Waals surface area contributed by atoms with Gasteiger partial charge in [0.1, 0.15) is 0 Å². The van der Waals surface area contributed by atoms with E-state index in [2.05, 4.69) is 51.4 Å². The molecule has 0 aromatic heterocycles. The van der Waals surface area contributed by atoms with Gasteiger partial charge in [-0.1, -0.05) is 41.5 Å². The van der Waals surface area contributed by atoms with Crippen LogP contribution in [0.25, 0.3) is 0 Å². The minimum Gasteiger partial charge on any atom is -0.444 e. The van der Waals surface area contributed by atoms with E-state index in [-0.39, 0.29) is 0 Å². The Morgan fingerprint density at radius 1 is 0.944 bits per heavy atom. The summed E-state index contributed by atoms with van der Waals surface area (Å²) in [4.78, 5) is 0. The fraction of sp³-hybridized carbons (Fsp3) is 1.00. The van der Waals surface area contributed by atoms with Gasteiger partial charge in [-0.2, -0.15) is 0 Å². The highest BCUT2D eigenvalue weighted by molar-refractivity contribution is 6.59. The second kappa shape index (κ2) is 7.02. The van der Waals surface area contributed by atoms with Crippen molar-refractivity contribution in [2.24, 2.45) is 17.8 Å². The molecule has 0 atom stereocenters. The number of rotatable bonds is 6. The standard InChI is InChI=1S/C12H31B3N3/c1-10(2)7-17-13-16-14-18(15-17,8-11(3)4)9-12(5)6/h10-16H,7-9H2,1-6H3/q+1. The van der Waals surface area contributed by atoms with Crippen LogP contribution in [0.15, 0.2) is 0 Å². The van der Waals surface area contributed by atoms with Crippen LogP contribution in [0.3, 0.4) is 0 Å². The summed E-state index contributed by atoms with van der Waals surface area (Å²) in [6, 6.07) is 0. The fourth-order valence-corrected chi connectivity index (χ4v) is 3.48. The van der Waals surface area contributed by atoms with Gasteiger partial charge in [0, 0.05) is 13.1 Å². The molecule has 3 nitrogen and oxygen atoms in total. The number of quaternary nitrogens is 1. The topological polar surface area (TPSA) is 15.3 Å². The van der Waals surface area contributed by atoms with E-state index >= 15 is 0 Å². The molecular formula is C12H31B3N3+. The normalized spacial score (nSPS) is 19.8. The van der Waals surface area contributed by atoms with Crippen LogP contribution < -0.4 is 5.14 Å². The van der Waals surface area contributed by atoms with Crippen LogP contribution in [0.4, 0.5) is 0 Å². The third kappa shape index (κ3) is 5.37. The average Bonchev–Trinajstić information content (AvgIpc) is 2.12. The highest BCUT2D eigenvalue weighted by Gasteiger charge is 2.39. The SMILES string of the molecule is CC(C)CN1BNB[N+](CC(C)C)(CC(C)C)B1. The summed E-state index contributed by atoms with van der Waals surface area (Å²) < 4.78 is 3.82. The lowest BCUT2D eigenvalue weighted by atomic mass is 9.70. The molecule has 1 fully saturated rings. The van der Waals surface area contributed by atoms with Gasteiger partial charge in [0.2, 0.25) is 0 Å². The molecule has 1 heterocycles. The Labute approximate surface area is 116 Å². The predicted octanol–water partition coefficient (Wildman–Crippen LogP) is 0.476. The maximum Gasteiger partial charge on any atom is 0.451 e. The zero-order chi connectivity index (χ0) is 13.8. The summed E-state index contributed by atoms with van der Waals surface area (Å²) in [5, 5.41) is 3.64. The van der Waals surface area contributed by atoms with Crippen molar-refractivity contribution in [2.75, 3.05) is 19.6 Å². The van der Waals surface area contributed by atoms with Crippen molar-refractivity contribution in [1.82, 2.24) is 9.86 Å². The third-order valence-corrected chi connectivity index (χ3v) is 3.41. The molecule has 0 spiro atoms. The zero-order valence-electron chi connectivity index (χ0n) is 13.4. The quantitative estimate of drug-likeness (QED) is 0.689. The fourth-order valence-electron chi connectivity index (χ4n) is 3.48. The molecule has 0 bridgehead atoms. The van der Waals surface area contributed by atoms with Gasteiger partial charge in [-0.15, -0.1) is 0 Å². The van der Waals surface area contributed by atoms with Gasteiger partial charge in [-0.25, -0.2) is 0 Å². The van der Waals surface area contributed by atoms with Crippen LogP contribution >= 0.6 is 0 Å². The van der Waals surface area contributed by atoms with E-state index in [0.717, 1.165) is 32.9 Å². The van der Waals surface area contributed by atoms with Crippen molar-refractivity contribution >= 4 is 22.6 Å². The van der Waals surface area contributed by atoms with Crippen molar-refractivity contribution in [3.05, 3.63) is 0 Å². The summed E-state index contributed by atoms with van der Waals surface area (Å²) in [6.45, 7) is 17.8. The molecule has 1 N–H and O–H groups in total. The van der Waals surface area contributed by atoms with Crippen molar-refractivity contribution in [3.8, 4) is 0 Å². The summed E-state index contributed by atoms with van der Waals surface area (Å²) in [5.41, 5.74) is 0. The summed E-state index contributed by atoms with van der Waals surface area (Å²) in [6.07, 6.45) is 0. The van der Waals surface area contributed by atoms with E-state index in [0.29, 0.717) is 0 Å². The summed E-state index contributed by atoms with van der Waals surface area (Å²) >= 11 is 0. The van der Waals surface area contributed by atoms with E-state index in [4.69, 9.17) is 0 Å². The van der Waals surface area contributed by atoms with Crippen molar-refractivity contribution in [1.29, 1.82) is 0 Å². The highest BCUT2D eigenvalue weighted by Crippen LogP contribution is 2.15. The predicted molar refractivity (Wildman–Crippen MR) is 85.8 cm³/mol. The first-order valence-electron chi connectivity index (χ1n) is 7.61. The smallest absolute Gasteiger partial charge is 0.444 e. The molecule has 0 unspecified atom stereocenters. The first kappa shape index (κ1) is 16.1. The molecule has 18 heavy (non-hydrogen) atoms. The molecule has 0 amide bonds. The largest absolute Gasteiger partial charge is 0.451 e. The van der Waals surface area contributed by atoms with Crippen LogP contribution in [0.2, 0.25) is 0 Å². The molecular weight excluding hydrogens is 219 g/mol. The van der Waals surface area contributed by atoms with Gasteiger partial charge < -0.3 is 14.2 Å². The molecule has 0 aromatic carbocycles. The number of nitrogens with one attached hydrogen (secondary N) is 1. The molecule has 1 aliphatic rings. The maximum absolute atomic E-state index is 3.64. The number of hydrogen-bond acceptors (Lipinski definition) is 2. The van der Waals surface area contributed by atoms with E-state index in [1.54, 1.807) is 0 Å². The van der Waals surface area contributed by atoms with Crippen LogP contribution in [0.5, 0.6) is 0 Å². The van der Waals surface area contributed by atoms with E-state index < -0.39 is 0 Å². The molecule has 1 saturated heterocycles. The molecule has 6 heteroatoms. The van der Waals surface area contributed by atoms with Gasteiger partial charge in [-0.3, -0.25) is 0 Å². The first-order valence-corrected chi connectivity index (χ1v) is 7.61. The second-order valence-electron chi connectivity index (χ2n) is 7.45. The number of hydrogen-bond donors (Lipinski definition) is 1. The van der Waals surface area contributed by atoms with E-state index in [1.165, 1.54) is 31.5 Å². The lowest BCUT2D eigenvalue weighted by Crippen LogP contribution is -2.72. The molecule has 1 rings (SSSR count). The van der Waals surface area contributed by atoms with Crippen LogP contribution in [0.1, 0.15) is 41.5 Å². The molecule has 0 aromatic rings. The van der Waals surface area contributed by atoms with Gasteiger partial charge in [0.25, 0.3) is 7.55 Å². The van der Waals surface area contributed by atoms with E-state index in [9.17, 15) is 0 Å². The molecule has 0 radical (unpaired) electrons. The van der Waals surface area contributed by atoms with Gasteiger partial charge >= 0.3 is 15.1 Å². The van der Waals surface area contributed by atoms with Crippen LogP contribution in [0, 0.1) is 17.8 Å². The van der Waals surface area contributed by atoms with Gasteiger partial charge in [0.15, 0.2) is 0 Å². The molecule has 102 valence electrons. The number of nitrogens with zero attached hydrogens (tertiary/aromatic N) is 2. The Kier molecular flexibility index (Phi) is 6.29. The Balaban J connectivity index is 2.69. The Morgan fingerprint density at radius 2 is 1.50 bits per heavy atom. The van der Waals surface area contributed by atoms with Gasteiger partial charge in [0.05, 0.1) is 0 Å². The minimum absolute atomic E-state index is 0.755. The van der Waals surface area contributed by atoms with Crippen LogP contribution in [-0.2, 0) is 0 Å². The second-order valence-corrected chi connectivity index (χ2v) is 7.45. The average molecular weight is 250 g/mol. The zero-order valence-corrected chi connectivity index (χ0v) is 13.4. The van der Waals surface area contributed by atoms with E-state index in [1.807, 2.05) is 0 Å². The minimum atomic E-state index is 0.755. The Bertz CT molecular complexity index is 237. The molecule has 0 aliphatic carbocycles. The van der Waals surface area contributed by atoms with Crippen LogP contribution in [-0.4, -0.2) is 51.3 Å². The monoisotopic (exact) mass is 250 g/mol. The molecule has 0 saturated carbocycles. The Hall–Kier alpha value is 0.0748. The summed E-state index contributed by atoms with van der Waals surface area (Å²) in [7, 11) is 3.43. The van der Waals surface area contributed by atoms with Crippen molar-refractivity contribution in [3.63, 3.8) is 0 Å². The van der Waals surface area contributed by atoms with Gasteiger partial charge in [-0.05, 0) is 24.3 Å². The van der Waals surface area contributed by atoms with Crippen molar-refractivity contribution < 1.29 is 4.31 Å². The Morgan fingerprint density at radius 3 is 1.94 bits per heavy atom. The maximum atomic E-state index is 3.64. The summed E-state index contributed by atoms with van der Waals surface area (Å²) in [5.74, 6) is 2.29. The lowest BCUT2D eigenvalue weighted by molar-refractivity contribution is -0.720. The lowest BCUT2D eigenvalue weighted by Gasteiger charge is -2.48. The highest BCUT2D eigenvalue weighted by atomic mass is 15.3. The first-order chi connectivity index (χ1) is 8.33. The van der Waals surface area contributed by atoms with Crippen molar-refractivity contribution in [2.45, 2.75) is 41.5 Å².